The lowest BCUT2D eigenvalue weighted by Gasteiger charge is -2.35. The number of hydrogen-bond acceptors (Lipinski definition) is 4. The van der Waals surface area contributed by atoms with Gasteiger partial charge >= 0.3 is 5.69 Å². The molecule has 7 heteroatoms. The maximum Gasteiger partial charge on any atom is 0.336 e. The van der Waals surface area contributed by atoms with Gasteiger partial charge in [0.25, 0.3) is 5.56 Å². The molecule has 0 saturated carbocycles. The van der Waals surface area contributed by atoms with Gasteiger partial charge in [0.05, 0.1) is 11.2 Å². The number of likely N-dealkylation sites (tertiary alicyclic amines) is 1. The van der Waals surface area contributed by atoms with Crippen LogP contribution in [0.2, 0.25) is 0 Å². The second-order valence-electron chi connectivity index (χ2n) is 7.72. The lowest BCUT2D eigenvalue weighted by atomic mass is 9.92. The summed E-state index contributed by atoms with van der Waals surface area (Å²) in [6, 6.07) is 10.6. The minimum atomic E-state index is -0.478. The number of hydrogen-bond donors (Lipinski definition) is 0. The van der Waals surface area contributed by atoms with Gasteiger partial charge in [0.2, 0.25) is 5.91 Å². The van der Waals surface area contributed by atoms with Crippen LogP contribution in [-0.2, 0) is 11.3 Å². The molecule has 28 heavy (non-hydrogen) atoms. The van der Waals surface area contributed by atoms with Crippen LogP contribution in [0.4, 0.5) is 0 Å². The molecule has 1 fully saturated rings. The summed E-state index contributed by atoms with van der Waals surface area (Å²) in [7, 11) is 0. The fourth-order valence-corrected chi connectivity index (χ4v) is 4.97. The highest BCUT2D eigenvalue weighted by atomic mass is 32.1. The summed E-state index contributed by atoms with van der Waals surface area (Å²) in [6.07, 6.45) is 1.11. The molecule has 4 rings (SSSR count). The third-order valence-electron chi connectivity index (χ3n) is 5.28. The third-order valence-corrected chi connectivity index (χ3v) is 6.18. The molecule has 0 unspecified atom stereocenters. The molecule has 1 aliphatic rings. The van der Waals surface area contributed by atoms with Crippen LogP contribution in [0.1, 0.15) is 20.3 Å². The number of piperidine rings is 1. The number of thiophene rings is 1. The van der Waals surface area contributed by atoms with Crippen molar-refractivity contribution in [3.63, 3.8) is 0 Å². The van der Waals surface area contributed by atoms with Crippen LogP contribution in [0, 0.1) is 11.8 Å². The molecule has 146 valence electrons. The Bertz CT molecular complexity index is 1120. The van der Waals surface area contributed by atoms with Gasteiger partial charge in [-0.25, -0.2) is 9.36 Å². The highest BCUT2D eigenvalue weighted by Gasteiger charge is 2.26. The average Bonchev–Trinajstić information content (AvgIpc) is 3.15. The number of nitrogens with zero attached hydrogens (tertiary/aromatic N) is 3. The van der Waals surface area contributed by atoms with Crippen molar-refractivity contribution in [1.29, 1.82) is 0 Å². The second-order valence-corrected chi connectivity index (χ2v) is 8.64. The van der Waals surface area contributed by atoms with E-state index in [0.717, 1.165) is 11.0 Å². The topological polar surface area (TPSA) is 64.3 Å². The summed E-state index contributed by atoms with van der Waals surface area (Å²) in [5.41, 5.74) is 0.214. The minimum Gasteiger partial charge on any atom is -0.341 e. The number of benzene rings is 1. The molecule has 0 spiro atoms. The molecule has 0 aliphatic carbocycles. The van der Waals surface area contributed by atoms with Crippen LogP contribution in [0.25, 0.3) is 15.9 Å². The number of carbonyl (C=O) groups is 1. The molecule has 0 bridgehead atoms. The van der Waals surface area contributed by atoms with Crippen molar-refractivity contribution in [1.82, 2.24) is 14.0 Å². The summed E-state index contributed by atoms with van der Waals surface area (Å²) in [5.74, 6) is 0.819. The number of fused-ring (bicyclic) bond motifs is 1. The van der Waals surface area contributed by atoms with Crippen molar-refractivity contribution in [2.24, 2.45) is 11.8 Å². The Morgan fingerprint density at radius 1 is 1.07 bits per heavy atom. The zero-order valence-corrected chi connectivity index (χ0v) is 16.8. The largest absolute Gasteiger partial charge is 0.341 e. The van der Waals surface area contributed by atoms with E-state index < -0.39 is 5.69 Å². The Morgan fingerprint density at radius 2 is 1.75 bits per heavy atom. The predicted molar refractivity (Wildman–Crippen MR) is 111 cm³/mol. The molecule has 3 heterocycles. The summed E-state index contributed by atoms with van der Waals surface area (Å²) >= 11 is 1.29. The van der Waals surface area contributed by atoms with E-state index in [1.807, 2.05) is 11.0 Å². The second kappa shape index (κ2) is 7.39. The molecule has 0 N–H and O–H groups in total. The van der Waals surface area contributed by atoms with Crippen molar-refractivity contribution in [3.8, 4) is 5.69 Å². The number of amides is 1. The predicted octanol–water partition coefficient (Wildman–Crippen LogP) is 2.72. The summed E-state index contributed by atoms with van der Waals surface area (Å²) in [4.78, 5) is 41.0. The lowest BCUT2D eigenvalue weighted by molar-refractivity contribution is -0.134. The van der Waals surface area contributed by atoms with E-state index in [1.54, 1.807) is 35.7 Å². The van der Waals surface area contributed by atoms with Gasteiger partial charge in [-0.1, -0.05) is 32.0 Å². The number of para-hydroxylation sites is 1. The van der Waals surface area contributed by atoms with Gasteiger partial charge in [-0.2, -0.15) is 0 Å². The van der Waals surface area contributed by atoms with Crippen LogP contribution >= 0.6 is 11.3 Å². The van der Waals surface area contributed by atoms with Gasteiger partial charge in [-0.05, 0) is 41.8 Å². The molecule has 1 amide bonds. The Morgan fingerprint density at radius 3 is 2.43 bits per heavy atom. The van der Waals surface area contributed by atoms with Crippen molar-refractivity contribution in [3.05, 3.63) is 62.6 Å². The Labute approximate surface area is 166 Å². The molecule has 3 aromatic rings. The summed E-state index contributed by atoms with van der Waals surface area (Å²) in [6.45, 7) is 5.66. The Hall–Kier alpha value is -2.67. The van der Waals surface area contributed by atoms with Crippen molar-refractivity contribution in [2.75, 3.05) is 13.1 Å². The first kappa shape index (κ1) is 18.7. The monoisotopic (exact) mass is 397 g/mol. The van der Waals surface area contributed by atoms with Crippen LogP contribution < -0.4 is 11.2 Å². The molecular formula is C21H23N3O3S. The first-order chi connectivity index (χ1) is 13.5. The van der Waals surface area contributed by atoms with E-state index in [2.05, 4.69) is 13.8 Å². The van der Waals surface area contributed by atoms with Crippen molar-refractivity contribution < 1.29 is 4.79 Å². The molecule has 1 saturated heterocycles. The lowest BCUT2D eigenvalue weighted by Crippen LogP contribution is -2.46. The van der Waals surface area contributed by atoms with Crippen molar-refractivity contribution in [2.45, 2.75) is 26.8 Å². The average molecular weight is 398 g/mol. The first-order valence-corrected chi connectivity index (χ1v) is 10.4. The fraction of sp³-hybridized carbons (Fsp3) is 0.381. The number of carbonyl (C=O) groups excluding carboxylic acids is 1. The highest BCUT2D eigenvalue weighted by molar-refractivity contribution is 7.17. The van der Waals surface area contributed by atoms with Gasteiger partial charge in [-0.3, -0.25) is 14.2 Å². The Kier molecular flexibility index (Phi) is 4.93. The molecule has 2 atom stereocenters. The van der Waals surface area contributed by atoms with E-state index in [0.29, 0.717) is 40.8 Å². The minimum absolute atomic E-state index is 0.0569. The van der Waals surface area contributed by atoms with E-state index in [9.17, 15) is 14.4 Å². The number of rotatable bonds is 3. The zero-order valence-electron chi connectivity index (χ0n) is 16.0. The maximum absolute atomic E-state index is 13.2. The van der Waals surface area contributed by atoms with Crippen LogP contribution in [0.15, 0.2) is 51.4 Å². The molecule has 6 nitrogen and oxygen atoms in total. The van der Waals surface area contributed by atoms with Gasteiger partial charge in [0.15, 0.2) is 0 Å². The van der Waals surface area contributed by atoms with Gasteiger partial charge in [-0.15, -0.1) is 11.3 Å². The first-order valence-electron chi connectivity index (χ1n) is 9.52. The van der Waals surface area contributed by atoms with Gasteiger partial charge < -0.3 is 4.90 Å². The molecule has 0 radical (unpaired) electrons. The Balaban J connectivity index is 1.79. The third kappa shape index (κ3) is 3.30. The van der Waals surface area contributed by atoms with Crippen LogP contribution in [-0.4, -0.2) is 33.0 Å². The van der Waals surface area contributed by atoms with E-state index in [1.165, 1.54) is 15.9 Å². The van der Waals surface area contributed by atoms with Crippen molar-refractivity contribution >= 4 is 27.5 Å². The molecular weight excluding hydrogens is 374 g/mol. The normalized spacial score (nSPS) is 19.9. The highest BCUT2D eigenvalue weighted by Crippen LogP contribution is 2.22. The zero-order chi connectivity index (χ0) is 19.8. The van der Waals surface area contributed by atoms with Gasteiger partial charge in [0, 0.05) is 13.1 Å². The van der Waals surface area contributed by atoms with E-state index in [4.69, 9.17) is 0 Å². The summed E-state index contributed by atoms with van der Waals surface area (Å²) < 4.78 is 3.08. The quantitative estimate of drug-likeness (QED) is 0.683. The molecule has 2 aromatic heterocycles. The maximum atomic E-state index is 13.2. The molecule has 1 aliphatic heterocycles. The fourth-order valence-electron chi connectivity index (χ4n) is 4.15. The van der Waals surface area contributed by atoms with E-state index in [-0.39, 0.29) is 18.0 Å². The number of aromatic nitrogens is 2. The van der Waals surface area contributed by atoms with Crippen LogP contribution in [0.3, 0.4) is 0 Å². The SMILES string of the molecule is C[C@H]1C[C@H](C)CN(C(=O)Cn2c(=O)n(-c3ccccc3)c(=O)c3sccc32)C1. The van der Waals surface area contributed by atoms with Crippen LogP contribution in [0.5, 0.6) is 0 Å². The van der Waals surface area contributed by atoms with E-state index >= 15 is 0 Å². The summed E-state index contributed by atoms with van der Waals surface area (Å²) in [5, 5.41) is 1.78. The molecule has 1 aromatic carbocycles. The van der Waals surface area contributed by atoms with Gasteiger partial charge in [0.1, 0.15) is 11.2 Å². The standard InChI is InChI=1S/C21H23N3O3S/c1-14-10-15(2)12-22(11-14)18(25)13-23-17-8-9-28-19(17)20(26)24(21(23)27)16-6-4-3-5-7-16/h3-9,14-15H,10-13H2,1-2H3/t14-,15-/m0/s1. The smallest absolute Gasteiger partial charge is 0.336 e.